The molecule has 8 heteroatoms. The Kier molecular flexibility index (Phi) is 17.8. The summed E-state index contributed by atoms with van der Waals surface area (Å²) in [6.45, 7) is 4.11. The predicted molar refractivity (Wildman–Crippen MR) is 128 cm³/mol. The second-order valence-corrected chi connectivity index (χ2v) is 9.56. The van der Waals surface area contributed by atoms with Crippen LogP contribution in [0.4, 0.5) is 0 Å². The number of carboxylic acid groups (broad SMARTS) is 1. The lowest BCUT2D eigenvalue weighted by Gasteiger charge is -2.31. The summed E-state index contributed by atoms with van der Waals surface area (Å²) >= 11 is 0. The van der Waals surface area contributed by atoms with Crippen molar-refractivity contribution < 1.29 is 38.2 Å². The van der Waals surface area contributed by atoms with Crippen LogP contribution in [-0.2, 0) is 28.6 Å². The number of ether oxygens (including phenoxy) is 3. The Morgan fingerprint density at radius 1 is 0.818 bits per heavy atom. The molecule has 0 aliphatic carbocycles. The molecule has 0 saturated carbocycles. The Labute approximate surface area is 200 Å². The van der Waals surface area contributed by atoms with E-state index in [9.17, 15) is 19.5 Å². The Morgan fingerprint density at radius 2 is 1.39 bits per heavy atom. The van der Waals surface area contributed by atoms with E-state index >= 15 is 0 Å². The maximum atomic E-state index is 12.2. The highest BCUT2D eigenvalue weighted by molar-refractivity contribution is 5.72. The molecule has 0 aromatic rings. The number of quaternary nitrogens is 1. The SMILES string of the molecule is CCCCCCCCCCCC(=O)OC(COCCC(C(=O)O)[N+](C)(C)C)COC(=O)CC. The maximum absolute atomic E-state index is 12.2. The summed E-state index contributed by atoms with van der Waals surface area (Å²) in [7, 11) is 5.46. The highest BCUT2D eigenvalue weighted by atomic mass is 16.6. The van der Waals surface area contributed by atoms with E-state index in [0.29, 0.717) is 12.8 Å². The van der Waals surface area contributed by atoms with Crippen LogP contribution in [0.1, 0.15) is 90.9 Å². The highest BCUT2D eigenvalue weighted by Crippen LogP contribution is 2.12. The van der Waals surface area contributed by atoms with E-state index in [1.54, 1.807) is 6.92 Å². The molecule has 0 aromatic carbocycles. The molecule has 1 N–H and O–H groups in total. The van der Waals surface area contributed by atoms with E-state index in [0.717, 1.165) is 19.3 Å². The standard InChI is InChI=1S/C25H47NO7/c1-6-8-9-10-11-12-13-14-15-16-24(28)33-21(20-32-23(27)7-2)19-31-18-17-22(25(29)30)26(3,4)5/h21-22H,6-20H2,1-5H3/p+1. The molecule has 0 saturated heterocycles. The second-order valence-electron chi connectivity index (χ2n) is 9.56. The first-order chi connectivity index (χ1) is 15.6. The fraction of sp³-hybridized carbons (Fsp3) is 0.880. The van der Waals surface area contributed by atoms with Crippen molar-refractivity contribution in [1.29, 1.82) is 0 Å². The Balaban J connectivity index is 4.31. The van der Waals surface area contributed by atoms with E-state index in [1.807, 2.05) is 21.1 Å². The molecule has 0 aliphatic heterocycles. The lowest BCUT2D eigenvalue weighted by molar-refractivity contribution is -0.887. The van der Waals surface area contributed by atoms with E-state index in [-0.39, 0.29) is 42.7 Å². The molecule has 0 fully saturated rings. The van der Waals surface area contributed by atoms with Gasteiger partial charge in [0.25, 0.3) is 0 Å². The zero-order valence-electron chi connectivity index (χ0n) is 21.6. The van der Waals surface area contributed by atoms with Gasteiger partial charge in [-0.1, -0.05) is 65.2 Å². The van der Waals surface area contributed by atoms with Crippen LogP contribution >= 0.6 is 0 Å². The molecular formula is C25H48NO7+. The van der Waals surface area contributed by atoms with Gasteiger partial charge in [-0.25, -0.2) is 4.79 Å². The van der Waals surface area contributed by atoms with Gasteiger partial charge in [0.05, 0.1) is 34.4 Å². The van der Waals surface area contributed by atoms with Crippen molar-refractivity contribution in [3.8, 4) is 0 Å². The number of likely N-dealkylation sites (N-methyl/N-ethyl adjacent to an activating group) is 1. The predicted octanol–water partition coefficient (Wildman–Crippen LogP) is 4.34. The van der Waals surface area contributed by atoms with Gasteiger partial charge in [0.2, 0.25) is 0 Å². The first-order valence-electron chi connectivity index (χ1n) is 12.6. The molecule has 0 aliphatic rings. The molecule has 194 valence electrons. The summed E-state index contributed by atoms with van der Waals surface area (Å²) in [5.74, 6) is -1.58. The van der Waals surface area contributed by atoms with Gasteiger partial charge < -0.3 is 23.8 Å². The maximum Gasteiger partial charge on any atom is 0.362 e. The van der Waals surface area contributed by atoms with Crippen LogP contribution in [0.3, 0.4) is 0 Å². The first kappa shape index (κ1) is 31.3. The van der Waals surface area contributed by atoms with Crippen LogP contribution in [0.15, 0.2) is 0 Å². The quantitative estimate of drug-likeness (QED) is 0.150. The number of aliphatic carboxylic acids is 1. The summed E-state index contributed by atoms with van der Waals surface area (Å²) < 4.78 is 16.5. The lowest BCUT2D eigenvalue weighted by Crippen LogP contribution is -2.50. The van der Waals surface area contributed by atoms with Crippen LogP contribution in [0.5, 0.6) is 0 Å². The number of hydrogen-bond acceptors (Lipinski definition) is 6. The van der Waals surface area contributed by atoms with Gasteiger partial charge in [-0.05, 0) is 6.42 Å². The highest BCUT2D eigenvalue weighted by Gasteiger charge is 2.31. The zero-order valence-corrected chi connectivity index (χ0v) is 21.6. The van der Waals surface area contributed by atoms with E-state index < -0.39 is 18.1 Å². The third kappa shape index (κ3) is 17.5. The summed E-state index contributed by atoms with van der Waals surface area (Å²) in [6.07, 6.45) is 10.7. The number of nitrogens with zero attached hydrogens (tertiary/aromatic N) is 1. The number of rotatable bonds is 21. The number of hydrogen-bond donors (Lipinski definition) is 1. The summed E-state index contributed by atoms with van der Waals surface area (Å²) in [5, 5.41) is 9.40. The topological polar surface area (TPSA) is 99.1 Å². The van der Waals surface area contributed by atoms with Crippen LogP contribution in [0.2, 0.25) is 0 Å². The van der Waals surface area contributed by atoms with Crippen LogP contribution in [0, 0.1) is 0 Å². The number of carbonyl (C=O) groups is 3. The normalized spacial score (nSPS) is 13.4. The average molecular weight is 475 g/mol. The molecule has 0 spiro atoms. The van der Waals surface area contributed by atoms with Gasteiger partial charge in [0.1, 0.15) is 6.61 Å². The Morgan fingerprint density at radius 3 is 1.91 bits per heavy atom. The molecule has 2 atom stereocenters. The van der Waals surface area contributed by atoms with E-state index in [2.05, 4.69) is 6.92 Å². The van der Waals surface area contributed by atoms with Crippen molar-refractivity contribution in [3.63, 3.8) is 0 Å². The van der Waals surface area contributed by atoms with Gasteiger partial charge in [-0.2, -0.15) is 0 Å². The molecule has 0 aromatic heterocycles. The minimum Gasteiger partial charge on any atom is -0.477 e. The molecule has 2 unspecified atom stereocenters. The van der Waals surface area contributed by atoms with Crippen LogP contribution in [-0.4, -0.2) is 80.6 Å². The molecule has 0 radical (unpaired) electrons. The number of carboxylic acids is 1. The first-order valence-corrected chi connectivity index (χ1v) is 12.6. The number of unbranched alkanes of at least 4 members (excludes halogenated alkanes) is 8. The van der Waals surface area contributed by atoms with Gasteiger partial charge in [0.15, 0.2) is 12.1 Å². The summed E-state index contributed by atoms with van der Waals surface area (Å²) in [5.41, 5.74) is 0. The van der Waals surface area contributed by atoms with Crippen molar-refractivity contribution in [2.45, 2.75) is 103 Å². The van der Waals surface area contributed by atoms with Gasteiger partial charge >= 0.3 is 17.9 Å². The molecular weight excluding hydrogens is 426 g/mol. The molecule has 8 nitrogen and oxygen atoms in total. The number of carbonyl (C=O) groups excluding carboxylic acids is 2. The monoisotopic (exact) mass is 474 g/mol. The fourth-order valence-corrected chi connectivity index (χ4v) is 3.48. The van der Waals surface area contributed by atoms with Crippen molar-refractivity contribution in [1.82, 2.24) is 0 Å². The van der Waals surface area contributed by atoms with Crippen molar-refractivity contribution in [3.05, 3.63) is 0 Å². The molecule has 33 heavy (non-hydrogen) atoms. The fourth-order valence-electron chi connectivity index (χ4n) is 3.48. The van der Waals surface area contributed by atoms with Crippen molar-refractivity contribution in [2.75, 3.05) is 41.0 Å². The summed E-state index contributed by atoms with van der Waals surface area (Å²) in [4.78, 5) is 35.2. The molecule has 0 rings (SSSR count). The van der Waals surface area contributed by atoms with Crippen LogP contribution in [0.25, 0.3) is 0 Å². The number of esters is 2. The van der Waals surface area contributed by atoms with E-state index in [4.69, 9.17) is 14.2 Å². The Bertz CT molecular complexity index is 545. The van der Waals surface area contributed by atoms with Gasteiger partial charge in [0, 0.05) is 19.3 Å². The third-order valence-corrected chi connectivity index (χ3v) is 5.56. The summed E-state index contributed by atoms with van der Waals surface area (Å²) in [6, 6.07) is -0.601. The Hall–Kier alpha value is -1.67. The second kappa shape index (κ2) is 18.7. The zero-order chi connectivity index (χ0) is 25.1. The van der Waals surface area contributed by atoms with Gasteiger partial charge in [-0.3, -0.25) is 9.59 Å². The van der Waals surface area contributed by atoms with Crippen molar-refractivity contribution >= 4 is 17.9 Å². The lowest BCUT2D eigenvalue weighted by atomic mass is 10.1. The average Bonchev–Trinajstić information content (AvgIpc) is 2.74. The minimum absolute atomic E-state index is 0.0595. The van der Waals surface area contributed by atoms with Gasteiger partial charge in [-0.15, -0.1) is 0 Å². The largest absolute Gasteiger partial charge is 0.477 e. The third-order valence-electron chi connectivity index (χ3n) is 5.56. The molecule has 0 amide bonds. The molecule has 0 heterocycles. The van der Waals surface area contributed by atoms with Crippen LogP contribution < -0.4 is 0 Å². The van der Waals surface area contributed by atoms with E-state index in [1.165, 1.54) is 38.5 Å². The minimum atomic E-state index is -0.882. The smallest absolute Gasteiger partial charge is 0.362 e. The van der Waals surface area contributed by atoms with Crippen molar-refractivity contribution in [2.24, 2.45) is 0 Å². The molecule has 0 bridgehead atoms.